The first-order valence-corrected chi connectivity index (χ1v) is 9.15. The fourth-order valence-electron chi connectivity index (χ4n) is 2.94. The molecule has 138 valence electrons. The van der Waals surface area contributed by atoms with E-state index in [1.54, 1.807) is 6.08 Å². The average Bonchev–Trinajstić information content (AvgIpc) is 2.90. The molecule has 0 bridgehead atoms. The Kier molecular flexibility index (Phi) is 5.77. The van der Waals surface area contributed by atoms with Gasteiger partial charge in [-0.05, 0) is 50.1 Å². The van der Waals surface area contributed by atoms with E-state index in [0.29, 0.717) is 6.54 Å². The number of hydrogen-bond acceptors (Lipinski definition) is 2. The Hall–Kier alpha value is -2.85. The van der Waals surface area contributed by atoms with Crippen molar-refractivity contribution >= 4 is 29.3 Å². The fraction of sp³-hybridized carbons (Fsp3) is 0.182. The molecule has 1 aromatic heterocycles. The average molecular weight is 380 g/mol. The highest BCUT2D eigenvalue weighted by molar-refractivity contribution is 6.31. The van der Waals surface area contributed by atoms with Crippen molar-refractivity contribution in [2.45, 2.75) is 27.3 Å². The maximum atomic E-state index is 12.3. The van der Waals surface area contributed by atoms with Gasteiger partial charge in [0.15, 0.2) is 0 Å². The third-order valence-electron chi connectivity index (χ3n) is 4.52. The number of aromatic nitrogens is 2. The van der Waals surface area contributed by atoms with Crippen molar-refractivity contribution in [1.29, 1.82) is 0 Å². The van der Waals surface area contributed by atoms with E-state index < -0.39 is 0 Å². The van der Waals surface area contributed by atoms with Gasteiger partial charge in [0.1, 0.15) is 0 Å². The van der Waals surface area contributed by atoms with Crippen LogP contribution in [-0.4, -0.2) is 15.7 Å². The first-order valence-electron chi connectivity index (χ1n) is 8.78. The smallest absolute Gasteiger partial charge is 0.248 e. The van der Waals surface area contributed by atoms with Crippen LogP contribution >= 0.6 is 11.6 Å². The number of para-hydroxylation sites is 1. The molecule has 27 heavy (non-hydrogen) atoms. The Morgan fingerprint density at radius 3 is 2.56 bits per heavy atom. The lowest BCUT2D eigenvalue weighted by molar-refractivity contribution is -0.111. The molecule has 0 aliphatic rings. The monoisotopic (exact) mass is 379 g/mol. The number of aryl methyl sites for hydroxylation is 2. The second kappa shape index (κ2) is 8.23. The third kappa shape index (κ3) is 4.47. The van der Waals surface area contributed by atoms with Gasteiger partial charge in [-0.1, -0.05) is 48.0 Å². The first-order chi connectivity index (χ1) is 13.0. The lowest BCUT2D eigenvalue weighted by Crippen LogP contribution is -2.08. The molecule has 0 aliphatic carbocycles. The van der Waals surface area contributed by atoms with Crippen LogP contribution in [0.15, 0.2) is 54.6 Å². The number of nitrogens with one attached hydrogen (secondary N) is 1. The van der Waals surface area contributed by atoms with Gasteiger partial charge in [0, 0.05) is 28.0 Å². The van der Waals surface area contributed by atoms with Crippen LogP contribution in [0.4, 0.5) is 5.69 Å². The molecule has 0 unspecified atom stereocenters. The SMILES string of the molecule is Cc1ccccc1NC(=O)/C=C/c1c(C)nn(Cc2ccccc2Cl)c1C. The minimum absolute atomic E-state index is 0.165. The zero-order chi connectivity index (χ0) is 19.4. The van der Waals surface area contributed by atoms with Gasteiger partial charge >= 0.3 is 0 Å². The van der Waals surface area contributed by atoms with Gasteiger partial charge in [0.05, 0.1) is 12.2 Å². The van der Waals surface area contributed by atoms with Gasteiger partial charge in [-0.2, -0.15) is 5.10 Å². The largest absolute Gasteiger partial charge is 0.322 e. The molecule has 3 rings (SSSR count). The van der Waals surface area contributed by atoms with E-state index in [1.807, 2.05) is 80.1 Å². The lowest BCUT2D eigenvalue weighted by Gasteiger charge is -2.07. The number of amides is 1. The molecule has 0 saturated heterocycles. The van der Waals surface area contributed by atoms with Crippen LogP contribution in [0.3, 0.4) is 0 Å². The van der Waals surface area contributed by atoms with Gasteiger partial charge in [-0.25, -0.2) is 0 Å². The maximum Gasteiger partial charge on any atom is 0.248 e. The summed E-state index contributed by atoms with van der Waals surface area (Å²) < 4.78 is 1.91. The number of anilines is 1. The minimum Gasteiger partial charge on any atom is -0.322 e. The molecular weight excluding hydrogens is 358 g/mol. The van der Waals surface area contributed by atoms with Crippen LogP contribution in [0.1, 0.15) is 28.1 Å². The Bertz CT molecular complexity index is 1000. The normalized spacial score (nSPS) is 11.1. The highest BCUT2D eigenvalue weighted by atomic mass is 35.5. The maximum absolute atomic E-state index is 12.3. The number of carbonyl (C=O) groups is 1. The van der Waals surface area contributed by atoms with Crippen molar-refractivity contribution in [3.8, 4) is 0 Å². The minimum atomic E-state index is -0.165. The molecule has 4 nitrogen and oxygen atoms in total. The molecule has 3 aromatic rings. The molecule has 1 N–H and O–H groups in total. The Morgan fingerprint density at radius 2 is 1.81 bits per heavy atom. The molecule has 0 radical (unpaired) electrons. The molecule has 0 saturated carbocycles. The summed E-state index contributed by atoms with van der Waals surface area (Å²) in [5, 5.41) is 8.22. The standard InChI is InChI=1S/C22H22ClN3O/c1-15-8-4-7-11-21(15)24-22(27)13-12-19-16(2)25-26(17(19)3)14-18-9-5-6-10-20(18)23/h4-13H,14H2,1-3H3,(H,24,27)/b13-12+. The van der Waals surface area contributed by atoms with Crippen LogP contribution < -0.4 is 5.32 Å². The number of rotatable bonds is 5. The summed E-state index contributed by atoms with van der Waals surface area (Å²) in [6, 6.07) is 15.4. The summed E-state index contributed by atoms with van der Waals surface area (Å²) in [7, 11) is 0. The fourth-order valence-corrected chi connectivity index (χ4v) is 3.14. The van der Waals surface area contributed by atoms with Crippen molar-refractivity contribution in [3.05, 3.63) is 87.7 Å². The van der Waals surface area contributed by atoms with E-state index >= 15 is 0 Å². The van der Waals surface area contributed by atoms with Gasteiger partial charge in [0.25, 0.3) is 0 Å². The second-order valence-electron chi connectivity index (χ2n) is 6.47. The molecule has 5 heteroatoms. The number of halogens is 1. The number of nitrogens with zero attached hydrogens (tertiary/aromatic N) is 2. The van der Waals surface area contributed by atoms with Crippen LogP contribution in [0, 0.1) is 20.8 Å². The molecule has 2 aromatic carbocycles. The van der Waals surface area contributed by atoms with Crippen LogP contribution in [0.25, 0.3) is 6.08 Å². The first kappa shape index (κ1) is 18.9. The molecule has 0 spiro atoms. The van der Waals surface area contributed by atoms with E-state index in [-0.39, 0.29) is 5.91 Å². The molecule has 0 aliphatic heterocycles. The van der Waals surface area contributed by atoms with Crippen LogP contribution in [0.2, 0.25) is 5.02 Å². The van der Waals surface area contributed by atoms with Crippen LogP contribution in [-0.2, 0) is 11.3 Å². The molecule has 1 heterocycles. The number of benzene rings is 2. The topological polar surface area (TPSA) is 46.9 Å². The molecule has 0 fully saturated rings. The Morgan fingerprint density at radius 1 is 1.11 bits per heavy atom. The summed E-state index contributed by atoms with van der Waals surface area (Å²) in [6.07, 6.45) is 3.36. The summed E-state index contributed by atoms with van der Waals surface area (Å²) in [5.41, 5.74) is 5.67. The molecule has 0 atom stereocenters. The highest BCUT2D eigenvalue weighted by Crippen LogP contribution is 2.20. The van der Waals surface area contributed by atoms with Crippen molar-refractivity contribution < 1.29 is 4.79 Å². The predicted molar refractivity (Wildman–Crippen MR) is 111 cm³/mol. The van der Waals surface area contributed by atoms with Gasteiger partial charge in [-0.15, -0.1) is 0 Å². The van der Waals surface area contributed by atoms with Crippen LogP contribution in [0.5, 0.6) is 0 Å². The predicted octanol–water partition coefficient (Wildman–Crippen LogP) is 5.16. The number of carbonyl (C=O) groups excluding carboxylic acids is 1. The second-order valence-corrected chi connectivity index (χ2v) is 6.88. The molecular formula is C22H22ClN3O. The van der Waals surface area contributed by atoms with Crippen molar-refractivity contribution in [3.63, 3.8) is 0 Å². The summed E-state index contributed by atoms with van der Waals surface area (Å²) >= 11 is 6.26. The molecule has 1 amide bonds. The quantitative estimate of drug-likeness (QED) is 0.622. The summed E-state index contributed by atoms with van der Waals surface area (Å²) in [4.78, 5) is 12.3. The summed E-state index contributed by atoms with van der Waals surface area (Å²) in [6.45, 7) is 6.49. The van der Waals surface area contributed by atoms with Crippen molar-refractivity contribution in [2.24, 2.45) is 0 Å². The van der Waals surface area contributed by atoms with E-state index in [9.17, 15) is 4.79 Å². The van der Waals surface area contributed by atoms with E-state index in [0.717, 1.165) is 38.8 Å². The lowest BCUT2D eigenvalue weighted by atomic mass is 10.1. The zero-order valence-electron chi connectivity index (χ0n) is 15.7. The van der Waals surface area contributed by atoms with E-state index in [4.69, 9.17) is 11.6 Å². The third-order valence-corrected chi connectivity index (χ3v) is 4.89. The highest BCUT2D eigenvalue weighted by Gasteiger charge is 2.11. The van der Waals surface area contributed by atoms with Gasteiger partial charge in [0.2, 0.25) is 5.91 Å². The van der Waals surface area contributed by atoms with Gasteiger partial charge in [-0.3, -0.25) is 9.48 Å². The summed E-state index contributed by atoms with van der Waals surface area (Å²) in [5.74, 6) is -0.165. The zero-order valence-corrected chi connectivity index (χ0v) is 16.4. The Labute approximate surface area is 164 Å². The van der Waals surface area contributed by atoms with Crippen molar-refractivity contribution in [2.75, 3.05) is 5.32 Å². The van der Waals surface area contributed by atoms with Crippen molar-refractivity contribution in [1.82, 2.24) is 9.78 Å². The Balaban J connectivity index is 1.76. The van der Waals surface area contributed by atoms with Gasteiger partial charge < -0.3 is 5.32 Å². The number of hydrogen-bond donors (Lipinski definition) is 1. The van der Waals surface area contributed by atoms with E-state index in [1.165, 1.54) is 0 Å². The van der Waals surface area contributed by atoms with E-state index in [2.05, 4.69) is 10.4 Å².